The summed E-state index contributed by atoms with van der Waals surface area (Å²) in [5, 5.41) is 19.8. The molecule has 1 atom stereocenters. The van der Waals surface area contributed by atoms with Crippen molar-refractivity contribution in [2.75, 3.05) is 20.3 Å². The van der Waals surface area contributed by atoms with Crippen LogP contribution in [0.2, 0.25) is 0 Å². The quantitative estimate of drug-likeness (QED) is 0.910. The first-order chi connectivity index (χ1) is 9.13. The van der Waals surface area contributed by atoms with Crippen LogP contribution in [0.25, 0.3) is 0 Å². The minimum atomic E-state index is -1.03. The molecule has 0 amide bonds. The molecular formula is C14H16FNO3. The molecule has 0 radical (unpaired) electrons. The van der Waals surface area contributed by atoms with Gasteiger partial charge in [0.25, 0.3) is 0 Å². The van der Waals surface area contributed by atoms with E-state index in [-0.39, 0.29) is 5.75 Å². The van der Waals surface area contributed by atoms with E-state index in [0.29, 0.717) is 31.6 Å². The molecule has 0 bridgehead atoms. The molecule has 1 aliphatic heterocycles. The van der Waals surface area contributed by atoms with E-state index in [1.54, 1.807) is 6.07 Å². The lowest BCUT2D eigenvalue weighted by atomic mass is 9.74. The zero-order valence-electron chi connectivity index (χ0n) is 10.7. The summed E-state index contributed by atoms with van der Waals surface area (Å²) in [5.74, 6) is -0.423. The predicted octanol–water partition coefficient (Wildman–Crippen LogP) is 2.19. The van der Waals surface area contributed by atoms with Crippen LogP contribution < -0.4 is 4.74 Å². The Kier molecular flexibility index (Phi) is 4.03. The molecule has 0 aliphatic carbocycles. The highest BCUT2D eigenvalue weighted by Crippen LogP contribution is 2.42. The number of hydrogen-bond donors (Lipinski definition) is 1. The van der Waals surface area contributed by atoms with Crippen molar-refractivity contribution in [2.45, 2.75) is 18.9 Å². The molecule has 1 fully saturated rings. The molecular weight excluding hydrogens is 249 g/mol. The molecule has 102 valence electrons. The van der Waals surface area contributed by atoms with Crippen molar-refractivity contribution in [3.8, 4) is 11.8 Å². The Morgan fingerprint density at radius 2 is 2.16 bits per heavy atom. The summed E-state index contributed by atoms with van der Waals surface area (Å²) in [5.41, 5.74) is -0.513. The lowest BCUT2D eigenvalue weighted by Crippen LogP contribution is -2.34. The van der Waals surface area contributed by atoms with Crippen molar-refractivity contribution in [1.29, 1.82) is 5.26 Å². The first-order valence-corrected chi connectivity index (χ1v) is 6.13. The van der Waals surface area contributed by atoms with E-state index < -0.39 is 17.3 Å². The van der Waals surface area contributed by atoms with E-state index in [9.17, 15) is 14.8 Å². The Labute approximate surface area is 111 Å². The van der Waals surface area contributed by atoms with Crippen LogP contribution in [-0.2, 0) is 4.74 Å². The van der Waals surface area contributed by atoms with Gasteiger partial charge in [-0.25, -0.2) is 4.39 Å². The molecule has 1 saturated heterocycles. The minimum absolute atomic E-state index is 0.119. The van der Waals surface area contributed by atoms with Crippen LogP contribution in [0.15, 0.2) is 18.2 Å². The predicted molar refractivity (Wildman–Crippen MR) is 66.0 cm³/mol. The van der Waals surface area contributed by atoms with Crippen LogP contribution in [0.3, 0.4) is 0 Å². The maximum Gasteiger partial charge on any atom is 0.165 e. The Morgan fingerprint density at radius 1 is 1.47 bits per heavy atom. The molecule has 1 unspecified atom stereocenters. The summed E-state index contributed by atoms with van der Waals surface area (Å²) < 4.78 is 23.7. The standard InChI is InChI=1S/C14H16FNO3/c1-18-12-3-2-10(8-11(12)15)13(17)14(9-16)4-6-19-7-5-14/h2-3,8,13,17H,4-7H2,1H3. The van der Waals surface area contributed by atoms with Gasteiger partial charge in [-0.1, -0.05) is 6.07 Å². The lowest BCUT2D eigenvalue weighted by Gasteiger charge is -2.35. The van der Waals surface area contributed by atoms with Gasteiger partial charge in [0.05, 0.1) is 24.7 Å². The maximum atomic E-state index is 13.7. The summed E-state index contributed by atoms with van der Waals surface area (Å²) in [6.45, 7) is 0.868. The van der Waals surface area contributed by atoms with Gasteiger partial charge in [-0.05, 0) is 30.5 Å². The zero-order valence-corrected chi connectivity index (χ0v) is 10.7. The Balaban J connectivity index is 2.30. The SMILES string of the molecule is COc1ccc(C(O)C2(C#N)CCOCC2)cc1F. The average molecular weight is 265 g/mol. The fourth-order valence-electron chi connectivity index (χ4n) is 2.35. The number of benzene rings is 1. The van der Waals surface area contributed by atoms with Gasteiger partial charge >= 0.3 is 0 Å². The van der Waals surface area contributed by atoms with Crippen LogP contribution >= 0.6 is 0 Å². The number of rotatable bonds is 3. The number of methoxy groups -OCH3 is 1. The van der Waals surface area contributed by atoms with Gasteiger partial charge in [-0.2, -0.15) is 5.26 Å². The lowest BCUT2D eigenvalue weighted by molar-refractivity contribution is -0.0311. The molecule has 5 heteroatoms. The Morgan fingerprint density at radius 3 is 2.68 bits per heavy atom. The van der Waals surface area contributed by atoms with Gasteiger partial charge in [0.15, 0.2) is 11.6 Å². The largest absolute Gasteiger partial charge is 0.494 e. The Hall–Kier alpha value is -1.64. The fourth-order valence-corrected chi connectivity index (χ4v) is 2.35. The highest BCUT2D eigenvalue weighted by molar-refractivity contribution is 5.32. The van der Waals surface area contributed by atoms with Gasteiger partial charge < -0.3 is 14.6 Å². The second-order valence-electron chi connectivity index (χ2n) is 4.68. The van der Waals surface area contributed by atoms with Crippen LogP contribution in [0.4, 0.5) is 4.39 Å². The molecule has 1 N–H and O–H groups in total. The summed E-state index contributed by atoms with van der Waals surface area (Å²) in [4.78, 5) is 0. The molecule has 4 nitrogen and oxygen atoms in total. The zero-order chi connectivity index (χ0) is 13.9. The smallest absolute Gasteiger partial charge is 0.165 e. The monoisotopic (exact) mass is 265 g/mol. The third kappa shape index (κ3) is 2.55. The average Bonchev–Trinajstić information content (AvgIpc) is 2.47. The highest BCUT2D eigenvalue weighted by Gasteiger charge is 2.41. The number of aliphatic hydroxyl groups excluding tert-OH is 1. The summed E-state index contributed by atoms with van der Waals surface area (Å²) >= 11 is 0. The van der Waals surface area contributed by atoms with E-state index in [1.807, 2.05) is 0 Å². The number of ether oxygens (including phenoxy) is 2. The molecule has 1 aromatic carbocycles. The topological polar surface area (TPSA) is 62.5 Å². The minimum Gasteiger partial charge on any atom is -0.494 e. The van der Waals surface area contributed by atoms with Crippen LogP contribution in [-0.4, -0.2) is 25.4 Å². The molecule has 1 heterocycles. The van der Waals surface area contributed by atoms with Gasteiger partial charge in [0, 0.05) is 13.2 Å². The van der Waals surface area contributed by atoms with E-state index in [0.717, 1.165) is 0 Å². The number of hydrogen-bond acceptors (Lipinski definition) is 4. The van der Waals surface area contributed by atoms with Crippen molar-refractivity contribution in [2.24, 2.45) is 5.41 Å². The molecule has 1 aliphatic rings. The number of aliphatic hydroxyl groups is 1. The van der Waals surface area contributed by atoms with Crippen LogP contribution in [0.5, 0.6) is 5.75 Å². The van der Waals surface area contributed by atoms with Crippen molar-refractivity contribution in [3.63, 3.8) is 0 Å². The number of nitrogens with zero attached hydrogens (tertiary/aromatic N) is 1. The molecule has 0 aromatic heterocycles. The van der Waals surface area contributed by atoms with E-state index in [4.69, 9.17) is 9.47 Å². The van der Waals surface area contributed by atoms with Crippen molar-refractivity contribution in [1.82, 2.24) is 0 Å². The van der Waals surface area contributed by atoms with Crippen molar-refractivity contribution < 1.29 is 19.0 Å². The molecule has 0 spiro atoms. The third-order valence-electron chi connectivity index (χ3n) is 3.62. The second-order valence-corrected chi connectivity index (χ2v) is 4.68. The van der Waals surface area contributed by atoms with E-state index >= 15 is 0 Å². The summed E-state index contributed by atoms with van der Waals surface area (Å²) in [6.07, 6.45) is -0.141. The maximum absolute atomic E-state index is 13.7. The third-order valence-corrected chi connectivity index (χ3v) is 3.62. The highest BCUT2D eigenvalue weighted by atomic mass is 19.1. The van der Waals surface area contributed by atoms with Crippen LogP contribution in [0, 0.1) is 22.6 Å². The molecule has 1 aromatic rings. The first-order valence-electron chi connectivity index (χ1n) is 6.13. The molecule has 19 heavy (non-hydrogen) atoms. The summed E-state index contributed by atoms with van der Waals surface area (Å²) in [6, 6.07) is 6.44. The van der Waals surface area contributed by atoms with E-state index in [2.05, 4.69) is 6.07 Å². The van der Waals surface area contributed by atoms with Gasteiger partial charge in [-0.3, -0.25) is 0 Å². The summed E-state index contributed by atoms with van der Waals surface area (Å²) in [7, 11) is 1.38. The fraction of sp³-hybridized carbons (Fsp3) is 0.500. The molecule has 2 rings (SSSR count). The number of halogens is 1. The number of nitriles is 1. The molecule has 0 saturated carbocycles. The first kappa shape index (κ1) is 13.8. The van der Waals surface area contributed by atoms with E-state index in [1.165, 1.54) is 19.2 Å². The van der Waals surface area contributed by atoms with Crippen LogP contribution in [0.1, 0.15) is 24.5 Å². The van der Waals surface area contributed by atoms with Gasteiger partial charge in [0.1, 0.15) is 0 Å². The van der Waals surface area contributed by atoms with Crippen molar-refractivity contribution >= 4 is 0 Å². The van der Waals surface area contributed by atoms with Gasteiger partial charge in [0.2, 0.25) is 0 Å². The normalized spacial score (nSPS) is 19.5. The Bertz CT molecular complexity index is 492. The van der Waals surface area contributed by atoms with Gasteiger partial charge in [-0.15, -0.1) is 0 Å². The second kappa shape index (κ2) is 5.55. The van der Waals surface area contributed by atoms with Crippen molar-refractivity contribution in [3.05, 3.63) is 29.6 Å².